The molecule has 0 aromatic carbocycles. The summed E-state index contributed by atoms with van der Waals surface area (Å²) in [6.07, 6.45) is 7.71. The molecule has 2 aliphatic carbocycles. The maximum Gasteiger partial charge on any atom is 0.317 e. The smallest absolute Gasteiger partial charge is 0.317 e. The van der Waals surface area contributed by atoms with E-state index in [1.807, 2.05) is 7.05 Å². The summed E-state index contributed by atoms with van der Waals surface area (Å²) < 4.78 is 25.2. The van der Waals surface area contributed by atoms with Crippen LogP contribution in [0.25, 0.3) is 0 Å². The molecule has 4 rings (SSSR count). The zero-order valence-electron chi connectivity index (χ0n) is 17.9. The lowest BCUT2D eigenvalue weighted by Crippen LogP contribution is -2.51. The van der Waals surface area contributed by atoms with Gasteiger partial charge in [0.25, 0.3) is 0 Å². The van der Waals surface area contributed by atoms with Crippen LogP contribution >= 0.6 is 0 Å². The second-order valence-electron chi connectivity index (χ2n) is 9.31. The fourth-order valence-corrected chi connectivity index (χ4v) is 7.05. The van der Waals surface area contributed by atoms with Crippen LogP contribution in [0.3, 0.4) is 0 Å². The lowest BCUT2D eigenvalue weighted by molar-refractivity contribution is -0.122. The van der Waals surface area contributed by atoms with Gasteiger partial charge in [0.05, 0.1) is 5.25 Å². The molecule has 0 radical (unpaired) electrons. The first-order valence-corrected chi connectivity index (χ1v) is 13.0. The average Bonchev–Trinajstić information content (AvgIpc) is 2.70. The number of rotatable bonds is 2. The van der Waals surface area contributed by atoms with Gasteiger partial charge >= 0.3 is 6.03 Å². The highest BCUT2D eigenvalue weighted by Crippen LogP contribution is 2.33. The van der Waals surface area contributed by atoms with Crippen LogP contribution in [0.1, 0.15) is 64.7 Å². The minimum Gasteiger partial charge on any atom is -0.356 e. The largest absolute Gasteiger partial charge is 0.356 e. The lowest BCUT2D eigenvalue weighted by atomic mass is 9.79. The van der Waals surface area contributed by atoms with Crippen molar-refractivity contribution in [3.63, 3.8) is 0 Å². The molecule has 7 nitrogen and oxygen atoms in total. The predicted molar refractivity (Wildman–Crippen MR) is 113 cm³/mol. The second kappa shape index (κ2) is 9.67. The standard InChI is InChI=1S/C21H37N3O4S/c1-3-29(27,28)19-9-8-18-13-17(19)14-22-20(25)12-16-6-4-15(5-7-16)10-11-24(2)21(26)23-18/h15-19H,3-14H2,1-2H3,(H,22,25)(H,23,26)/t15?,16?,17-,18?,19?/m1/s1. The Labute approximate surface area is 175 Å². The van der Waals surface area contributed by atoms with Crippen molar-refractivity contribution in [3.8, 4) is 0 Å². The number of nitrogens with zero attached hydrogens (tertiary/aromatic N) is 1. The summed E-state index contributed by atoms with van der Waals surface area (Å²) in [7, 11) is -1.34. The maximum absolute atomic E-state index is 12.6. The third kappa shape index (κ3) is 5.86. The monoisotopic (exact) mass is 427 g/mol. The Kier molecular flexibility index (Phi) is 7.46. The Morgan fingerprint density at radius 3 is 2.38 bits per heavy atom. The van der Waals surface area contributed by atoms with Crippen LogP contribution < -0.4 is 10.6 Å². The van der Waals surface area contributed by atoms with Gasteiger partial charge in [0, 0.05) is 38.4 Å². The van der Waals surface area contributed by atoms with E-state index >= 15 is 0 Å². The van der Waals surface area contributed by atoms with Gasteiger partial charge in [0.1, 0.15) is 0 Å². The van der Waals surface area contributed by atoms with Gasteiger partial charge in [0.2, 0.25) is 5.91 Å². The summed E-state index contributed by atoms with van der Waals surface area (Å²) in [5.41, 5.74) is 0. The lowest BCUT2D eigenvalue weighted by Gasteiger charge is -2.37. The molecule has 0 spiro atoms. The fourth-order valence-electron chi connectivity index (χ4n) is 5.34. The topological polar surface area (TPSA) is 95.6 Å². The molecule has 0 aromatic rings. The first-order valence-electron chi connectivity index (χ1n) is 11.3. The molecule has 4 aliphatic rings. The molecule has 29 heavy (non-hydrogen) atoms. The molecule has 2 saturated heterocycles. The third-order valence-electron chi connectivity index (χ3n) is 7.33. The third-order valence-corrected chi connectivity index (χ3v) is 9.67. The Bertz CT molecular complexity index is 688. The summed E-state index contributed by atoms with van der Waals surface area (Å²) >= 11 is 0. The van der Waals surface area contributed by atoms with Crippen molar-refractivity contribution < 1.29 is 18.0 Å². The fraction of sp³-hybridized carbons (Fsp3) is 0.905. The van der Waals surface area contributed by atoms with Gasteiger partial charge < -0.3 is 15.5 Å². The van der Waals surface area contributed by atoms with Gasteiger partial charge in [0.15, 0.2) is 9.84 Å². The van der Waals surface area contributed by atoms with Crippen molar-refractivity contribution in [2.24, 2.45) is 17.8 Å². The van der Waals surface area contributed by atoms with E-state index in [2.05, 4.69) is 10.6 Å². The molecule has 0 aromatic heterocycles. The molecule has 2 N–H and O–H groups in total. The summed E-state index contributed by atoms with van der Waals surface area (Å²) in [6, 6.07) is -0.116. The van der Waals surface area contributed by atoms with E-state index < -0.39 is 15.1 Å². The van der Waals surface area contributed by atoms with Crippen LogP contribution in [0.4, 0.5) is 4.79 Å². The highest BCUT2D eigenvalue weighted by atomic mass is 32.2. The summed E-state index contributed by atoms with van der Waals surface area (Å²) in [5.74, 6) is 1.06. The second-order valence-corrected chi connectivity index (χ2v) is 11.8. The summed E-state index contributed by atoms with van der Waals surface area (Å²) in [6.45, 7) is 2.80. The van der Waals surface area contributed by atoms with Gasteiger partial charge in [-0.1, -0.05) is 19.8 Å². The summed E-state index contributed by atoms with van der Waals surface area (Å²) in [5, 5.41) is 5.69. The highest BCUT2D eigenvalue weighted by Gasteiger charge is 2.38. The van der Waals surface area contributed by atoms with Crippen LogP contribution in [0.5, 0.6) is 0 Å². The molecule has 8 heteroatoms. The number of carbonyl (C=O) groups is 2. The molecular weight excluding hydrogens is 390 g/mol. The number of carbonyl (C=O) groups excluding carboxylic acids is 2. The first kappa shape index (κ1) is 22.4. The summed E-state index contributed by atoms with van der Waals surface area (Å²) in [4.78, 5) is 26.9. The van der Waals surface area contributed by atoms with E-state index in [4.69, 9.17) is 0 Å². The minimum atomic E-state index is -3.19. The van der Waals surface area contributed by atoms with E-state index in [1.165, 1.54) is 0 Å². The van der Waals surface area contributed by atoms with Crippen molar-refractivity contribution in [1.29, 1.82) is 0 Å². The molecule has 2 heterocycles. The Morgan fingerprint density at radius 2 is 1.69 bits per heavy atom. The molecule has 4 fully saturated rings. The van der Waals surface area contributed by atoms with Crippen molar-refractivity contribution in [2.75, 3.05) is 25.9 Å². The van der Waals surface area contributed by atoms with Crippen LogP contribution in [0.2, 0.25) is 0 Å². The van der Waals surface area contributed by atoms with Crippen molar-refractivity contribution in [2.45, 2.75) is 76.0 Å². The number of amides is 3. The SMILES string of the molecule is CCS(=O)(=O)C1CCC2C[C@@H]1CNC(=O)CC1CCC(CC1)CCN(C)C(=O)N2. The highest BCUT2D eigenvalue weighted by molar-refractivity contribution is 7.92. The van der Waals surface area contributed by atoms with Gasteiger partial charge in [-0.2, -0.15) is 0 Å². The van der Waals surface area contributed by atoms with Gasteiger partial charge in [-0.25, -0.2) is 13.2 Å². The van der Waals surface area contributed by atoms with Crippen LogP contribution in [-0.2, 0) is 14.6 Å². The van der Waals surface area contributed by atoms with E-state index in [1.54, 1.807) is 11.8 Å². The maximum atomic E-state index is 12.6. The van der Waals surface area contributed by atoms with Crippen LogP contribution in [0.15, 0.2) is 0 Å². The van der Waals surface area contributed by atoms with Crippen LogP contribution in [-0.4, -0.2) is 62.4 Å². The molecule has 2 unspecified atom stereocenters. The number of urea groups is 1. The molecule has 2 saturated carbocycles. The zero-order valence-corrected chi connectivity index (χ0v) is 18.7. The minimum absolute atomic E-state index is 0.0408. The van der Waals surface area contributed by atoms with Gasteiger partial charge in [-0.15, -0.1) is 0 Å². The Balaban J connectivity index is 1.74. The van der Waals surface area contributed by atoms with E-state index in [0.29, 0.717) is 44.1 Å². The molecule has 4 bridgehead atoms. The number of hydrogen-bond donors (Lipinski definition) is 2. The van der Waals surface area contributed by atoms with E-state index in [0.717, 1.165) is 38.6 Å². The first-order chi connectivity index (χ1) is 13.8. The number of nitrogens with one attached hydrogen (secondary N) is 2. The quantitative estimate of drug-likeness (QED) is 0.707. The Morgan fingerprint density at radius 1 is 1.00 bits per heavy atom. The van der Waals surface area contributed by atoms with Crippen LogP contribution in [0, 0.1) is 17.8 Å². The predicted octanol–water partition coefficient (Wildman–Crippen LogP) is 2.32. The molecule has 3 amide bonds. The molecule has 3 atom stereocenters. The van der Waals surface area contributed by atoms with Gasteiger partial charge in [-0.05, 0) is 56.3 Å². The normalized spacial score (nSPS) is 35.1. The zero-order chi connectivity index (χ0) is 21.0. The van der Waals surface area contributed by atoms with Crippen molar-refractivity contribution >= 4 is 21.8 Å². The number of sulfone groups is 1. The molecular formula is C21H37N3O4S. The molecule has 2 aliphatic heterocycles. The number of hydrogen-bond acceptors (Lipinski definition) is 4. The van der Waals surface area contributed by atoms with Crippen molar-refractivity contribution in [3.05, 3.63) is 0 Å². The van der Waals surface area contributed by atoms with E-state index in [9.17, 15) is 18.0 Å². The van der Waals surface area contributed by atoms with E-state index in [-0.39, 0.29) is 29.7 Å². The average molecular weight is 428 g/mol. The van der Waals surface area contributed by atoms with Gasteiger partial charge in [-0.3, -0.25) is 4.79 Å². The number of fused-ring (bicyclic) bond motifs is 9. The Hall–Kier alpha value is -1.31. The van der Waals surface area contributed by atoms with Crippen molar-refractivity contribution in [1.82, 2.24) is 15.5 Å². The molecule has 166 valence electrons.